The topological polar surface area (TPSA) is 79.1 Å². The standard InChI is InChI=1S/C25H23N3O2/c1-14-5-7-19(16(3)9-14)24-26-13-27-25(28-24)23-17(4)10-15(2)11-21(23)20-8-6-18(29)12-22(20)30/h5-13,29-30H,1-4H3. The normalized spacial score (nSPS) is 10.9. The molecule has 0 saturated heterocycles. The molecule has 5 heteroatoms. The number of hydrogen-bond acceptors (Lipinski definition) is 5. The van der Waals surface area contributed by atoms with Crippen LogP contribution >= 0.6 is 0 Å². The highest BCUT2D eigenvalue weighted by Gasteiger charge is 2.18. The van der Waals surface area contributed by atoms with Crippen molar-refractivity contribution in [3.05, 3.63) is 77.1 Å². The van der Waals surface area contributed by atoms with Gasteiger partial charge >= 0.3 is 0 Å². The van der Waals surface area contributed by atoms with Crippen molar-refractivity contribution in [2.24, 2.45) is 0 Å². The van der Waals surface area contributed by atoms with Gasteiger partial charge in [-0.3, -0.25) is 0 Å². The van der Waals surface area contributed by atoms with E-state index in [0.29, 0.717) is 17.2 Å². The van der Waals surface area contributed by atoms with Crippen LogP contribution in [0, 0.1) is 27.7 Å². The fourth-order valence-corrected chi connectivity index (χ4v) is 3.84. The monoisotopic (exact) mass is 397 g/mol. The smallest absolute Gasteiger partial charge is 0.164 e. The van der Waals surface area contributed by atoms with Crippen LogP contribution in [0.15, 0.2) is 54.9 Å². The second kappa shape index (κ2) is 7.59. The van der Waals surface area contributed by atoms with Gasteiger partial charge in [0.2, 0.25) is 0 Å². The van der Waals surface area contributed by atoms with Gasteiger partial charge in [-0.25, -0.2) is 15.0 Å². The molecule has 0 aliphatic carbocycles. The van der Waals surface area contributed by atoms with Crippen molar-refractivity contribution in [2.45, 2.75) is 27.7 Å². The molecule has 5 nitrogen and oxygen atoms in total. The second-order valence-corrected chi connectivity index (χ2v) is 7.66. The van der Waals surface area contributed by atoms with Gasteiger partial charge in [0.15, 0.2) is 11.6 Å². The van der Waals surface area contributed by atoms with Gasteiger partial charge in [0.05, 0.1) is 0 Å². The van der Waals surface area contributed by atoms with E-state index in [1.807, 2.05) is 39.0 Å². The van der Waals surface area contributed by atoms with Crippen molar-refractivity contribution in [1.82, 2.24) is 15.0 Å². The lowest BCUT2D eigenvalue weighted by molar-refractivity contribution is 0.452. The number of phenolic OH excluding ortho intramolecular Hbond substituents is 2. The first-order chi connectivity index (χ1) is 14.3. The lowest BCUT2D eigenvalue weighted by Gasteiger charge is -2.15. The maximum Gasteiger partial charge on any atom is 0.164 e. The summed E-state index contributed by atoms with van der Waals surface area (Å²) in [6, 6.07) is 14.8. The summed E-state index contributed by atoms with van der Waals surface area (Å²) in [5.41, 5.74) is 7.55. The van der Waals surface area contributed by atoms with Crippen molar-refractivity contribution in [2.75, 3.05) is 0 Å². The maximum atomic E-state index is 10.5. The van der Waals surface area contributed by atoms with Crippen LogP contribution in [0.25, 0.3) is 33.9 Å². The average molecular weight is 397 g/mol. The van der Waals surface area contributed by atoms with Gasteiger partial charge in [-0.2, -0.15) is 0 Å². The lowest BCUT2D eigenvalue weighted by Crippen LogP contribution is -2.00. The van der Waals surface area contributed by atoms with Gasteiger partial charge in [-0.15, -0.1) is 0 Å². The molecule has 0 radical (unpaired) electrons. The summed E-state index contributed by atoms with van der Waals surface area (Å²) in [4.78, 5) is 13.6. The molecule has 0 spiro atoms. The molecule has 150 valence electrons. The quantitative estimate of drug-likeness (QED) is 0.476. The van der Waals surface area contributed by atoms with Gasteiger partial charge in [0, 0.05) is 22.8 Å². The maximum absolute atomic E-state index is 10.5. The van der Waals surface area contributed by atoms with Gasteiger partial charge in [0.1, 0.15) is 17.8 Å². The van der Waals surface area contributed by atoms with Crippen LogP contribution in [0.3, 0.4) is 0 Å². The van der Waals surface area contributed by atoms with Crippen LogP contribution in [0.5, 0.6) is 11.5 Å². The Morgan fingerprint density at radius 1 is 0.633 bits per heavy atom. The molecule has 0 aliphatic heterocycles. The molecule has 30 heavy (non-hydrogen) atoms. The molecule has 4 rings (SSSR count). The zero-order valence-electron chi connectivity index (χ0n) is 17.4. The summed E-state index contributed by atoms with van der Waals surface area (Å²) in [5.74, 6) is 1.17. The molecule has 0 bridgehead atoms. The van der Waals surface area contributed by atoms with Gasteiger partial charge in [-0.1, -0.05) is 41.5 Å². The average Bonchev–Trinajstić information content (AvgIpc) is 2.67. The Hall–Kier alpha value is -3.73. The lowest BCUT2D eigenvalue weighted by atomic mass is 9.92. The van der Waals surface area contributed by atoms with Crippen LogP contribution in [0.2, 0.25) is 0 Å². The SMILES string of the molecule is Cc1ccc(-c2ncnc(-c3c(C)cc(C)cc3-c3ccc(O)cc3O)n2)c(C)c1. The number of aromatic hydroxyl groups is 2. The molecule has 4 aromatic rings. The number of nitrogens with zero attached hydrogens (tertiary/aromatic N) is 3. The molecule has 1 heterocycles. The fourth-order valence-electron chi connectivity index (χ4n) is 3.84. The predicted octanol–water partition coefficient (Wildman–Crippen LogP) is 5.52. The molecule has 1 aromatic heterocycles. The van der Waals surface area contributed by atoms with Gasteiger partial charge in [-0.05, 0) is 56.5 Å². The van der Waals surface area contributed by atoms with Crippen LogP contribution in [0.4, 0.5) is 0 Å². The first-order valence-electron chi connectivity index (χ1n) is 9.74. The highest BCUT2D eigenvalue weighted by Crippen LogP contribution is 2.40. The summed E-state index contributed by atoms with van der Waals surface area (Å²) in [6.45, 7) is 8.11. The Labute approximate surface area is 175 Å². The van der Waals surface area contributed by atoms with Crippen LogP contribution in [-0.2, 0) is 0 Å². The van der Waals surface area contributed by atoms with E-state index >= 15 is 0 Å². The zero-order valence-corrected chi connectivity index (χ0v) is 17.4. The van der Waals surface area contributed by atoms with E-state index in [-0.39, 0.29) is 11.5 Å². The van der Waals surface area contributed by atoms with Gasteiger partial charge in [0.25, 0.3) is 0 Å². The van der Waals surface area contributed by atoms with Crippen LogP contribution in [-0.4, -0.2) is 25.2 Å². The molecule has 0 atom stereocenters. The van der Waals surface area contributed by atoms with Gasteiger partial charge < -0.3 is 10.2 Å². The Balaban J connectivity index is 1.93. The molecule has 0 unspecified atom stereocenters. The van der Waals surface area contributed by atoms with E-state index < -0.39 is 0 Å². The summed E-state index contributed by atoms with van der Waals surface area (Å²) < 4.78 is 0. The minimum atomic E-state index is 0.00455. The van der Waals surface area contributed by atoms with Crippen molar-refractivity contribution < 1.29 is 10.2 Å². The van der Waals surface area contributed by atoms with E-state index in [2.05, 4.69) is 29.0 Å². The Morgan fingerprint density at radius 3 is 2.07 bits per heavy atom. The highest BCUT2D eigenvalue weighted by molar-refractivity contribution is 5.86. The molecule has 0 fully saturated rings. The number of phenols is 2. The van der Waals surface area contributed by atoms with Crippen molar-refractivity contribution >= 4 is 0 Å². The molecule has 2 N–H and O–H groups in total. The highest BCUT2D eigenvalue weighted by atomic mass is 16.3. The number of benzene rings is 3. The summed E-state index contributed by atoms with van der Waals surface area (Å²) in [7, 11) is 0. The van der Waals surface area contributed by atoms with E-state index in [0.717, 1.165) is 33.4 Å². The number of aryl methyl sites for hydroxylation is 4. The third kappa shape index (κ3) is 3.62. The van der Waals surface area contributed by atoms with Crippen molar-refractivity contribution in [3.8, 4) is 45.4 Å². The molecular weight excluding hydrogens is 374 g/mol. The van der Waals surface area contributed by atoms with E-state index in [1.165, 1.54) is 18.0 Å². The van der Waals surface area contributed by atoms with E-state index in [4.69, 9.17) is 4.98 Å². The number of rotatable bonds is 3. The summed E-state index contributed by atoms with van der Waals surface area (Å²) >= 11 is 0. The summed E-state index contributed by atoms with van der Waals surface area (Å²) in [6.07, 6.45) is 1.52. The molecule has 3 aromatic carbocycles. The molecule has 0 aliphatic rings. The third-order valence-electron chi connectivity index (χ3n) is 5.17. The predicted molar refractivity (Wildman–Crippen MR) is 118 cm³/mol. The summed E-state index contributed by atoms with van der Waals surface area (Å²) in [5, 5.41) is 20.2. The van der Waals surface area contributed by atoms with E-state index in [1.54, 1.807) is 12.1 Å². The number of aromatic nitrogens is 3. The largest absolute Gasteiger partial charge is 0.508 e. The molecule has 0 saturated carbocycles. The Bertz CT molecular complexity index is 1270. The zero-order chi connectivity index (χ0) is 21.4. The minimum absolute atomic E-state index is 0.00455. The molecule has 0 amide bonds. The number of hydrogen-bond donors (Lipinski definition) is 2. The second-order valence-electron chi connectivity index (χ2n) is 7.66. The third-order valence-corrected chi connectivity index (χ3v) is 5.17. The Morgan fingerprint density at radius 2 is 1.33 bits per heavy atom. The Kier molecular flexibility index (Phi) is 4.96. The van der Waals surface area contributed by atoms with Crippen molar-refractivity contribution in [3.63, 3.8) is 0 Å². The van der Waals surface area contributed by atoms with E-state index in [9.17, 15) is 10.2 Å². The first-order valence-corrected chi connectivity index (χ1v) is 9.74. The molecular formula is C25H23N3O2. The van der Waals surface area contributed by atoms with Crippen LogP contribution in [0.1, 0.15) is 22.3 Å². The minimum Gasteiger partial charge on any atom is -0.508 e. The first kappa shape index (κ1) is 19.6. The fraction of sp³-hybridized carbons (Fsp3) is 0.160. The van der Waals surface area contributed by atoms with Crippen LogP contribution < -0.4 is 0 Å². The van der Waals surface area contributed by atoms with Crippen molar-refractivity contribution in [1.29, 1.82) is 0 Å².